The van der Waals surface area contributed by atoms with Gasteiger partial charge in [-0.25, -0.2) is 4.98 Å². The van der Waals surface area contributed by atoms with Crippen LogP contribution in [0.2, 0.25) is 0 Å². The number of nitrogens with zero attached hydrogens (tertiary/aromatic N) is 6. The monoisotopic (exact) mass is 458 g/mol. The lowest BCUT2D eigenvalue weighted by Crippen LogP contribution is -2.39. The minimum Gasteiger partial charge on any atom is -0.399 e. The summed E-state index contributed by atoms with van der Waals surface area (Å²) in [4.78, 5) is 28.5. The number of rotatable bonds is 5. The molecule has 1 amide bonds. The van der Waals surface area contributed by atoms with Crippen molar-refractivity contribution in [2.24, 2.45) is 5.16 Å². The van der Waals surface area contributed by atoms with Crippen LogP contribution in [0, 0.1) is 6.92 Å². The van der Waals surface area contributed by atoms with Crippen LogP contribution >= 0.6 is 0 Å². The Morgan fingerprint density at radius 1 is 1.21 bits per heavy atom. The van der Waals surface area contributed by atoms with E-state index in [9.17, 15) is 18.0 Å². The second kappa shape index (κ2) is 7.98. The molecule has 11 heteroatoms. The van der Waals surface area contributed by atoms with Crippen LogP contribution in [0.4, 0.5) is 18.9 Å². The van der Waals surface area contributed by atoms with Crippen LogP contribution in [-0.2, 0) is 16.9 Å². The second-order valence-electron chi connectivity index (χ2n) is 8.18. The number of amides is 1. The fourth-order valence-corrected chi connectivity index (χ4v) is 3.97. The highest BCUT2D eigenvalue weighted by Gasteiger charge is 2.47. The molecule has 4 heterocycles. The molecule has 8 nitrogen and oxygen atoms in total. The van der Waals surface area contributed by atoms with Crippen molar-refractivity contribution < 1.29 is 22.8 Å². The van der Waals surface area contributed by atoms with E-state index in [1.54, 1.807) is 39.2 Å². The van der Waals surface area contributed by atoms with Crippen LogP contribution in [0.25, 0.3) is 11.3 Å². The third-order valence-corrected chi connectivity index (χ3v) is 5.35. The molecule has 33 heavy (non-hydrogen) atoms. The van der Waals surface area contributed by atoms with Gasteiger partial charge in [0.15, 0.2) is 0 Å². The topological polar surface area (TPSA) is 85.5 Å². The maximum absolute atomic E-state index is 13.3. The first-order valence-electron chi connectivity index (χ1n) is 9.99. The molecule has 1 aliphatic rings. The Bertz CT molecular complexity index is 1250. The fourth-order valence-electron chi connectivity index (χ4n) is 3.97. The minimum absolute atomic E-state index is 0.271. The summed E-state index contributed by atoms with van der Waals surface area (Å²) < 4.78 is 39.0. The Morgan fingerprint density at radius 3 is 2.67 bits per heavy atom. The first-order valence-corrected chi connectivity index (χ1v) is 9.99. The molecule has 0 atom stereocenters. The van der Waals surface area contributed by atoms with Crippen LogP contribution in [0.3, 0.4) is 0 Å². The summed E-state index contributed by atoms with van der Waals surface area (Å²) in [5.74, 6) is -0.336. The van der Waals surface area contributed by atoms with Crippen LogP contribution in [-0.4, -0.2) is 45.2 Å². The number of fused-ring (bicyclic) bond motifs is 1. The molecule has 0 fully saturated rings. The molecule has 1 aliphatic heterocycles. The average molecular weight is 458 g/mol. The van der Waals surface area contributed by atoms with E-state index in [2.05, 4.69) is 15.2 Å². The van der Waals surface area contributed by atoms with E-state index in [-0.39, 0.29) is 11.6 Å². The van der Waals surface area contributed by atoms with Crippen molar-refractivity contribution in [2.75, 3.05) is 12.0 Å². The fraction of sp³-hybridized carbons (Fsp3) is 0.318. The Hall–Kier alpha value is -3.76. The number of aryl methyl sites for hydroxylation is 1. The number of hydrogen-bond donors (Lipinski definition) is 0. The van der Waals surface area contributed by atoms with E-state index in [4.69, 9.17) is 9.82 Å². The van der Waals surface area contributed by atoms with E-state index >= 15 is 0 Å². The lowest BCUT2D eigenvalue weighted by Gasteiger charge is -2.30. The maximum Gasteiger partial charge on any atom is 0.408 e. The summed E-state index contributed by atoms with van der Waals surface area (Å²) in [6, 6.07) is 3.63. The van der Waals surface area contributed by atoms with E-state index in [1.165, 1.54) is 30.6 Å². The number of anilines is 1. The van der Waals surface area contributed by atoms with E-state index < -0.39 is 18.3 Å². The highest BCUT2D eigenvalue weighted by atomic mass is 19.4. The minimum atomic E-state index is -4.42. The SMILES string of the molecule is CO/N=C/c1cncc(-c2cc(C)c3c(n2)C(C)(C)N(c2cnn(CC(F)(F)F)c2)C3=O)c1. The zero-order valence-electron chi connectivity index (χ0n) is 18.4. The average Bonchev–Trinajstić information content (AvgIpc) is 3.24. The van der Waals surface area contributed by atoms with Crippen molar-refractivity contribution in [3.05, 3.63) is 59.3 Å². The highest BCUT2D eigenvalue weighted by Crippen LogP contribution is 2.43. The number of pyridine rings is 2. The third-order valence-electron chi connectivity index (χ3n) is 5.35. The number of oxime groups is 1. The van der Waals surface area contributed by atoms with Gasteiger partial charge in [0, 0.05) is 29.7 Å². The number of carbonyl (C=O) groups is 1. The van der Waals surface area contributed by atoms with E-state index in [1.807, 2.05) is 6.07 Å². The standard InChI is InChI=1S/C22H21F3N6O2/c1-13-5-17(15-6-14(7-26-9-15)8-28-33-4)29-19-18(13)20(32)31(21(19,2)3)16-10-27-30(11-16)12-22(23,24)25/h5-11H,12H2,1-4H3/b28-8+. The molecular weight excluding hydrogens is 437 g/mol. The summed E-state index contributed by atoms with van der Waals surface area (Å²) in [6.45, 7) is 4.17. The maximum atomic E-state index is 13.3. The summed E-state index contributed by atoms with van der Waals surface area (Å²) >= 11 is 0. The Balaban J connectivity index is 1.75. The van der Waals surface area contributed by atoms with Gasteiger partial charge in [-0.15, -0.1) is 0 Å². The predicted octanol–water partition coefficient (Wildman–Crippen LogP) is 4.09. The number of hydrogen-bond acceptors (Lipinski definition) is 6. The molecule has 3 aromatic rings. The zero-order valence-corrected chi connectivity index (χ0v) is 18.4. The molecule has 0 bridgehead atoms. The van der Waals surface area contributed by atoms with Gasteiger partial charge in [0.05, 0.1) is 40.6 Å². The quantitative estimate of drug-likeness (QED) is 0.425. The largest absolute Gasteiger partial charge is 0.408 e. The number of halogens is 3. The zero-order chi connectivity index (χ0) is 24.0. The summed E-state index contributed by atoms with van der Waals surface area (Å²) in [5, 5.41) is 7.52. The van der Waals surface area contributed by atoms with Crippen molar-refractivity contribution in [3.8, 4) is 11.3 Å². The van der Waals surface area contributed by atoms with E-state index in [0.29, 0.717) is 28.1 Å². The van der Waals surface area contributed by atoms with Crippen LogP contribution in [0.15, 0.2) is 42.1 Å². The van der Waals surface area contributed by atoms with Crippen molar-refractivity contribution in [1.29, 1.82) is 0 Å². The molecule has 0 aliphatic carbocycles. The van der Waals surface area contributed by atoms with Gasteiger partial charge >= 0.3 is 6.18 Å². The number of alkyl halides is 3. The van der Waals surface area contributed by atoms with Gasteiger partial charge in [0.25, 0.3) is 5.91 Å². The Labute approximate surface area is 187 Å². The molecule has 0 unspecified atom stereocenters. The van der Waals surface area contributed by atoms with Gasteiger partial charge in [-0.1, -0.05) is 5.16 Å². The van der Waals surface area contributed by atoms with Crippen molar-refractivity contribution in [2.45, 2.75) is 39.0 Å². The highest BCUT2D eigenvalue weighted by molar-refractivity contribution is 6.12. The number of carbonyl (C=O) groups excluding carboxylic acids is 1. The van der Waals surface area contributed by atoms with Gasteiger partial charge in [0.1, 0.15) is 13.7 Å². The lowest BCUT2D eigenvalue weighted by molar-refractivity contribution is -0.142. The predicted molar refractivity (Wildman–Crippen MR) is 115 cm³/mol. The van der Waals surface area contributed by atoms with Crippen molar-refractivity contribution in [3.63, 3.8) is 0 Å². The molecule has 0 saturated carbocycles. The number of aromatic nitrogens is 4. The molecule has 0 aromatic carbocycles. The molecule has 0 N–H and O–H groups in total. The van der Waals surface area contributed by atoms with Crippen LogP contribution in [0.5, 0.6) is 0 Å². The summed E-state index contributed by atoms with van der Waals surface area (Å²) in [6.07, 6.45) is 2.86. The summed E-state index contributed by atoms with van der Waals surface area (Å²) in [7, 11) is 1.44. The van der Waals surface area contributed by atoms with Crippen LogP contribution < -0.4 is 4.90 Å². The lowest BCUT2D eigenvalue weighted by atomic mass is 9.96. The Kier molecular flexibility index (Phi) is 5.43. The van der Waals surface area contributed by atoms with Gasteiger partial charge in [-0.2, -0.15) is 18.3 Å². The molecule has 172 valence electrons. The molecule has 0 radical (unpaired) electrons. The molecular formula is C22H21F3N6O2. The molecule has 4 rings (SSSR count). The normalized spacial score (nSPS) is 15.4. The van der Waals surface area contributed by atoms with Gasteiger partial charge in [-0.05, 0) is 38.5 Å². The Morgan fingerprint density at radius 2 is 1.97 bits per heavy atom. The molecule has 0 saturated heterocycles. The first kappa shape index (κ1) is 22.4. The smallest absolute Gasteiger partial charge is 0.399 e. The van der Waals surface area contributed by atoms with Gasteiger partial charge in [-0.3, -0.25) is 19.4 Å². The summed E-state index contributed by atoms with van der Waals surface area (Å²) in [5.41, 5.74) is 3.06. The van der Waals surface area contributed by atoms with Crippen molar-refractivity contribution in [1.82, 2.24) is 19.7 Å². The molecule has 0 spiro atoms. The van der Waals surface area contributed by atoms with E-state index in [0.717, 1.165) is 10.2 Å². The van der Waals surface area contributed by atoms with Crippen LogP contribution in [0.1, 0.15) is 41.0 Å². The first-order chi connectivity index (χ1) is 15.5. The second-order valence-corrected chi connectivity index (χ2v) is 8.18. The van der Waals surface area contributed by atoms with Crippen molar-refractivity contribution >= 4 is 17.8 Å². The van der Waals surface area contributed by atoms with Gasteiger partial charge in [0.2, 0.25) is 0 Å². The third kappa shape index (κ3) is 4.18. The molecule has 3 aromatic heterocycles. The van der Waals surface area contributed by atoms with Gasteiger partial charge < -0.3 is 4.84 Å².